The fraction of sp³-hybridized carbons (Fsp3) is 0.280. The number of Topliss-reactive ketones (excluding diaryl/α,β-unsaturated/α-hetero) is 1. The number of carbonyl (C=O) groups excluding carboxylic acids is 1. The zero-order valence-electron chi connectivity index (χ0n) is 19.8. The van der Waals surface area contributed by atoms with Gasteiger partial charge in [-0.25, -0.2) is 19.9 Å². The third kappa shape index (κ3) is 5.80. The van der Waals surface area contributed by atoms with Crippen LogP contribution >= 0.6 is 0 Å². The van der Waals surface area contributed by atoms with Crippen molar-refractivity contribution in [3.8, 4) is 5.75 Å². The average Bonchev–Trinajstić information content (AvgIpc) is 3.71. The molecule has 3 aromatic rings. The lowest BCUT2D eigenvalue weighted by Gasteiger charge is -2.16. The number of methoxy groups -OCH3 is 1. The first kappa shape index (κ1) is 24.5. The molecule has 9 heteroatoms. The van der Waals surface area contributed by atoms with Gasteiger partial charge >= 0.3 is 0 Å². The third-order valence-electron chi connectivity index (χ3n) is 4.91. The molecular formula is C25H29N7O2. The maximum atomic E-state index is 12.9. The van der Waals surface area contributed by atoms with E-state index in [2.05, 4.69) is 30.6 Å². The van der Waals surface area contributed by atoms with Gasteiger partial charge in [-0.15, -0.1) is 0 Å². The molecule has 4 rings (SSSR count). The van der Waals surface area contributed by atoms with E-state index in [4.69, 9.17) is 10.1 Å². The number of anilines is 4. The molecule has 3 heterocycles. The molecule has 1 aliphatic rings. The number of nitrogens with one attached hydrogen (secondary N) is 3. The van der Waals surface area contributed by atoms with Crippen molar-refractivity contribution in [2.45, 2.75) is 33.6 Å². The van der Waals surface area contributed by atoms with Crippen LogP contribution in [0.2, 0.25) is 0 Å². The largest absolute Gasteiger partial charge is 0.492 e. The molecule has 0 unspecified atom stereocenters. The molecule has 0 bridgehead atoms. The first-order chi connectivity index (χ1) is 16.6. The molecule has 9 nitrogen and oxygen atoms in total. The standard InChI is InChI=1S/C23H23N7O2.C2H6/c1-3-25-22(24)15-9-11-27-23(21(15)32-2)29-17-12-19(30-18-6-4-5-10-26-18)28-13-16(17)20(31)14-7-8-14;1-2/h3-6,9-14,24H,7-8H2,1-2H3,(H2,26,27,28,29,30);1-2H3. The highest BCUT2D eigenvalue weighted by molar-refractivity contribution is 6.06. The summed E-state index contributed by atoms with van der Waals surface area (Å²) in [5, 5.41) is 14.5. The van der Waals surface area contributed by atoms with Crippen molar-refractivity contribution in [2.24, 2.45) is 10.9 Å². The van der Waals surface area contributed by atoms with E-state index in [1.165, 1.54) is 7.11 Å². The first-order valence-corrected chi connectivity index (χ1v) is 11.2. The lowest BCUT2D eigenvalue weighted by Crippen LogP contribution is -2.10. The van der Waals surface area contributed by atoms with Gasteiger partial charge in [-0.05, 0) is 38.0 Å². The Bertz CT molecular complexity index is 1180. The van der Waals surface area contributed by atoms with E-state index in [1.807, 2.05) is 32.0 Å². The minimum absolute atomic E-state index is 0.0280. The van der Waals surface area contributed by atoms with Gasteiger partial charge in [0.25, 0.3) is 0 Å². The number of ether oxygens (including phenoxy) is 1. The second kappa shape index (κ2) is 11.6. The summed E-state index contributed by atoms with van der Waals surface area (Å²) in [4.78, 5) is 29.9. The van der Waals surface area contributed by atoms with Crippen molar-refractivity contribution in [3.05, 3.63) is 60.0 Å². The summed E-state index contributed by atoms with van der Waals surface area (Å²) in [7, 11) is 1.51. The maximum absolute atomic E-state index is 12.9. The van der Waals surface area contributed by atoms with Crippen molar-refractivity contribution in [1.82, 2.24) is 15.0 Å². The monoisotopic (exact) mass is 459 g/mol. The van der Waals surface area contributed by atoms with E-state index in [-0.39, 0.29) is 17.5 Å². The molecule has 1 aliphatic carbocycles. The zero-order valence-corrected chi connectivity index (χ0v) is 19.8. The Morgan fingerprint density at radius 3 is 2.53 bits per heavy atom. The Hall–Kier alpha value is -4.14. The molecule has 0 aliphatic heterocycles. The van der Waals surface area contributed by atoms with Gasteiger partial charge in [0.05, 0.1) is 23.9 Å². The summed E-state index contributed by atoms with van der Waals surface area (Å²) in [5.41, 5.74) is 1.51. The Balaban J connectivity index is 0.00000158. The third-order valence-corrected chi connectivity index (χ3v) is 4.91. The van der Waals surface area contributed by atoms with Gasteiger partial charge in [0.2, 0.25) is 0 Å². The lowest BCUT2D eigenvalue weighted by molar-refractivity contribution is 0.0968. The van der Waals surface area contributed by atoms with E-state index in [9.17, 15) is 4.79 Å². The molecule has 3 N–H and O–H groups in total. The van der Waals surface area contributed by atoms with E-state index >= 15 is 0 Å². The fourth-order valence-electron chi connectivity index (χ4n) is 3.21. The number of rotatable bonds is 8. The quantitative estimate of drug-likeness (QED) is 0.234. The molecule has 176 valence electrons. The molecule has 0 amide bonds. The summed E-state index contributed by atoms with van der Waals surface area (Å²) in [6.07, 6.45) is 8.12. The number of hydrogen-bond acceptors (Lipinski definition) is 8. The first-order valence-electron chi connectivity index (χ1n) is 11.2. The Labute approximate surface area is 199 Å². The SMILES string of the molecule is CC.CC=NC(=N)c1ccnc(Nc2cc(Nc3ccccn3)ncc2C(=O)C2CC2)c1OC. The highest BCUT2D eigenvalue weighted by Gasteiger charge is 2.32. The highest BCUT2D eigenvalue weighted by atomic mass is 16.5. The predicted molar refractivity (Wildman–Crippen MR) is 135 cm³/mol. The number of nitrogens with zero attached hydrogens (tertiary/aromatic N) is 4. The van der Waals surface area contributed by atoms with Crippen LogP contribution in [0.25, 0.3) is 0 Å². The number of amidine groups is 1. The van der Waals surface area contributed by atoms with E-state index in [0.717, 1.165) is 12.8 Å². The van der Waals surface area contributed by atoms with Gasteiger partial charge in [-0.1, -0.05) is 19.9 Å². The smallest absolute Gasteiger partial charge is 0.173 e. The molecule has 3 aromatic heterocycles. The summed E-state index contributed by atoms with van der Waals surface area (Å²) >= 11 is 0. The summed E-state index contributed by atoms with van der Waals surface area (Å²) < 4.78 is 5.54. The van der Waals surface area contributed by atoms with Crippen LogP contribution < -0.4 is 15.4 Å². The molecule has 0 spiro atoms. The number of hydrogen-bond donors (Lipinski definition) is 3. The van der Waals surface area contributed by atoms with Crippen molar-refractivity contribution in [2.75, 3.05) is 17.7 Å². The second-order valence-electron chi connectivity index (χ2n) is 7.19. The van der Waals surface area contributed by atoms with Crippen LogP contribution in [-0.2, 0) is 0 Å². The molecule has 0 saturated heterocycles. The van der Waals surface area contributed by atoms with Crippen LogP contribution in [0.4, 0.5) is 23.1 Å². The maximum Gasteiger partial charge on any atom is 0.173 e. The number of aromatic nitrogens is 3. The number of aliphatic imine (C=N–C) groups is 1. The van der Waals surface area contributed by atoms with Crippen LogP contribution in [0.1, 0.15) is 49.5 Å². The van der Waals surface area contributed by atoms with Gasteiger partial charge in [0.1, 0.15) is 11.6 Å². The fourth-order valence-corrected chi connectivity index (χ4v) is 3.21. The summed E-state index contributed by atoms with van der Waals surface area (Å²) in [5.74, 6) is 2.03. The van der Waals surface area contributed by atoms with Crippen LogP contribution in [0.15, 0.2) is 53.9 Å². The molecular weight excluding hydrogens is 430 g/mol. The minimum Gasteiger partial charge on any atom is -0.492 e. The molecule has 34 heavy (non-hydrogen) atoms. The number of pyridine rings is 3. The molecule has 0 atom stereocenters. The van der Waals surface area contributed by atoms with E-state index in [1.54, 1.807) is 43.9 Å². The van der Waals surface area contributed by atoms with Crippen LogP contribution in [0.5, 0.6) is 5.75 Å². The average molecular weight is 460 g/mol. The summed E-state index contributed by atoms with van der Waals surface area (Å²) in [6.45, 7) is 5.74. The van der Waals surface area contributed by atoms with Gasteiger partial charge in [-0.3, -0.25) is 10.2 Å². The van der Waals surface area contributed by atoms with E-state index in [0.29, 0.717) is 40.0 Å². The topological polar surface area (TPSA) is 125 Å². The second-order valence-corrected chi connectivity index (χ2v) is 7.19. The molecule has 0 radical (unpaired) electrons. The Morgan fingerprint density at radius 1 is 1.09 bits per heavy atom. The predicted octanol–water partition coefficient (Wildman–Crippen LogP) is 5.40. The van der Waals surface area contributed by atoms with Crippen LogP contribution in [0.3, 0.4) is 0 Å². The van der Waals surface area contributed by atoms with Gasteiger partial charge in [0.15, 0.2) is 23.2 Å². The van der Waals surface area contributed by atoms with Crippen LogP contribution in [0, 0.1) is 11.3 Å². The molecule has 0 aromatic carbocycles. The Morgan fingerprint density at radius 2 is 1.88 bits per heavy atom. The summed E-state index contributed by atoms with van der Waals surface area (Å²) in [6, 6.07) is 8.93. The number of ketones is 1. The molecule has 1 fully saturated rings. The van der Waals surface area contributed by atoms with Crippen molar-refractivity contribution >= 4 is 41.0 Å². The lowest BCUT2D eigenvalue weighted by atomic mass is 10.1. The van der Waals surface area contributed by atoms with Crippen molar-refractivity contribution < 1.29 is 9.53 Å². The van der Waals surface area contributed by atoms with E-state index < -0.39 is 0 Å². The molecule has 1 saturated carbocycles. The zero-order chi connectivity index (χ0) is 24.5. The van der Waals surface area contributed by atoms with Crippen LogP contribution in [-0.4, -0.2) is 39.9 Å². The normalized spacial score (nSPS) is 12.5. The Kier molecular flexibility index (Phi) is 8.39. The van der Waals surface area contributed by atoms with Gasteiger partial charge in [0, 0.05) is 36.8 Å². The minimum atomic E-state index is 0.0280. The van der Waals surface area contributed by atoms with Gasteiger partial charge in [-0.2, -0.15) is 0 Å². The van der Waals surface area contributed by atoms with Crippen molar-refractivity contribution in [3.63, 3.8) is 0 Å². The highest BCUT2D eigenvalue weighted by Crippen LogP contribution is 2.37. The van der Waals surface area contributed by atoms with Crippen molar-refractivity contribution in [1.29, 1.82) is 5.41 Å². The number of carbonyl (C=O) groups is 1. The van der Waals surface area contributed by atoms with Gasteiger partial charge < -0.3 is 15.4 Å².